The molecule has 8 nitrogen and oxygen atoms in total. The topological polar surface area (TPSA) is 97.3 Å². The average molecular weight is 429 g/mol. The number of hydrogen-bond acceptors (Lipinski definition) is 7. The highest BCUT2D eigenvalue weighted by Crippen LogP contribution is 2.27. The van der Waals surface area contributed by atoms with E-state index >= 15 is 0 Å². The number of ether oxygens (including phenoxy) is 3. The molecule has 9 heteroatoms. The fourth-order valence-corrected chi connectivity index (χ4v) is 5.65. The van der Waals surface area contributed by atoms with Gasteiger partial charge in [-0.3, -0.25) is 0 Å². The zero-order valence-corrected chi connectivity index (χ0v) is 17.8. The molecule has 1 aliphatic carbocycles. The first kappa shape index (κ1) is 22.5. The third kappa shape index (κ3) is 5.90. The van der Waals surface area contributed by atoms with Crippen LogP contribution in [0.5, 0.6) is 5.75 Å². The Morgan fingerprint density at radius 3 is 2.59 bits per heavy atom. The number of rotatable bonds is 9. The average Bonchev–Trinajstić information content (AvgIpc) is 2.74. The van der Waals surface area contributed by atoms with Gasteiger partial charge in [-0.15, -0.1) is 0 Å². The van der Waals surface area contributed by atoms with Gasteiger partial charge in [-0.25, -0.2) is 8.42 Å². The highest BCUT2D eigenvalue weighted by molar-refractivity contribution is 7.89. The quantitative estimate of drug-likeness (QED) is 0.354. The lowest BCUT2D eigenvalue weighted by Crippen LogP contribution is -2.54. The Kier molecular flexibility index (Phi) is 8.28. The molecule has 0 bridgehead atoms. The van der Waals surface area contributed by atoms with Crippen LogP contribution in [0.3, 0.4) is 0 Å². The van der Waals surface area contributed by atoms with Gasteiger partial charge in [0.25, 0.3) is 0 Å². The van der Waals surface area contributed by atoms with Crippen molar-refractivity contribution in [2.75, 3.05) is 33.1 Å². The molecule has 2 fully saturated rings. The third-order valence-electron chi connectivity index (χ3n) is 5.70. The van der Waals surface area contributed by atoms with Crippen molar-refractivity contribution in [3.8, 4) is 5.75 Å². The van der Waals surface area contributed by atoms with Gasteiger partial charge in [-0.05, 0) is 49.9 Å². The highest BCUT2D eigenvalue weighted by atomic mass is 32.2. The molecule has 2 aliphatic rings. The minimum absolute atomic E-state index is 0.0792. The molecule has 2 atom stereocenters. The first-order chi connectivity index (χ1) is 14.0. The number of benzene rings is 1. The molecule has 164 valence electrons. The van der Waals surface area contributed by atoms with Crippen molar-refractivity contribution in [3.05, 3.63) is 24.3 Å². The van der Waals surface area contributed by atoms with E-state index in [0.29, 0.717) is 24.9 Å². The molecule has 1 saturated heterocycles. The fraction of sp³-hybridized carbons (Fsp3) is 0.700. The first-order valence-corrected chi connectivity index (χ1v) is 11.8. The molecule has 1 heterocycles. The Morgan fingerprint density at radius 2 is 1.90 bits per heavy atom. The van der Waals surface area contributed by atoms with Gasteiger partial charge in [0, 0.05) is 6.54 Å². The minimum Gasteiger partial charge on any atom is -0.493 e. The van der Waals surface area contributed by atoms with Crippen molar-refractivity contribution in [1.29, 1.82) is 0 Å². The van der Waals surface area contributed by atoms with Crippen molar-refractivity contribution < 1.29 is 27.8 Å². The molecule has 0 spiro atoms. The van der Waals surface area contributed by atoms with E-state index in [4.69, 9.17) is 19.4 Å². The normalized spacial score (nSPS) is 24.5. The first-order valence-electron chi connectivity index (χ1n) is 10.3. The van der Waals surface area contributed by atoms with Crippen LogP contribution in [0.4, 0.5) is 0 Å². The number of nitrogens with one attached hydrogen (secondary N) is 1. The van der Waals surface area contributed by atoms with Gasteiger partial charge >= 0.3 is 0 Å². The van der Waals surface area contributed by atoms with E-state index in [1.807, 2.05) is 12.4 Å². The highest BCUT2D eigenvalue weighted by Gasteiger charge is 2.38. The lowest BCUT2D eigenvalue weighted by atomic mass is 9.90. The van der Waals surface area contributed by atoms with Crippen molar-refractivity contribution in [2.45, 2.75) is 56.1 Å². The second-order valence-corrected chi connectivity index (χ2v) is 9.61. The Labute approximate surface area is 173 Å². The fourth-order valence-electron chi connectivity index (χ4n) is 3.99. The number of hydroxylamine groups is 1. The monoisotopic (exact) mass is 428 g/mol. The molecule has 1 aliphatic heterocycles. The van der Waals surface area contributed by atoms with Gasteiger partial charge < -0.3 is 19.4 Å². The van der Waals surface area contributed by atoms with Gasteiger partial charge in [-0.2, -0.15) is 9.79 Å². The molecule has 1 aromatic rings. The molecule has 0 radical (unpaired) electrons. The van der Waals surface area contributed by atoms with E-state index < -0.39 is 16.1 Å². The summed E-state index contributed by atoms with van der Waals surface area (Å²) in [4.78, 5) is 0.224. The van der Waals surface area contributed by atoms with Gasteiger partial charge in [0.15, 0.2) is 0 Å². The van der Waals surface area contributed by atoms with Gasteiger partial charge in [0.05, 0.1) is 36.9 Å². The lowest BCUT2D eigenvalue weighted by molar-refractivity contribution is -0.0703. The van der Waals surface area contributed by atoms with E-state index in [0.717, 1.165) is 0 Å². The Bertz CT molecular complexity index is 721. The number of sulfonamides is 1. The molecule has 0 amide bonds. The van der Waals surface area contributed by atoms with Crippen LogP contribution in [0.25, 0.3) is 0 Å². The summed E-state index contributed by atoms with van der Waals surface area (Å²) in [6.07, 6.45) is 5.94. The minimum atomic E-state index is -3.70. The lowest BCUT2D eigenvalue weighted by Gasteiger charge is -2.38. The van der Waals surface area contributed by atoms with Crippen LogP contribution >= 0.6 is 0 Å². The smallest absolute Gasteiger partial charge is 0.243 e. The maximum Gasteiger partial charge on any atom is 0.243 e. The van der Waals surface area contributed by atoms with Crippen LogP contribution in [0.15, 0.2) is 29.2 Å². The molecule has 3 rings (SSSR count). The zero-order valence-electron chi connectivity index (χ0n) is 17.0. The van der Waals surface area contributed by atoms with Crippen molar-refractivity contribution in [1.82, 2.24) is 9.79 Å². The molecule has 2 N–H and O–H groups in total. The van der Waals surface area contributed by atoms with Crippen LogP contribution in [-0.4, -0.2) is 63.2 Å². The number of hydrogen-bond donors (Lipinski definition) is 2. The third-order valence-corrected chi connectivity index (χ3v) is 7.64. The molecule has 0 aromatic heterocycles. The van der Waals surface area contributed by atoms with E-state index in [2.05, 4.69) is 0 Å². The maximum absolute atomic E-state index is 13.2. The SMILES string of the molecule is CC1OCCN(S(=O)(=O)c2ccc(OCC3CCCCC3)cc2)[C@H]1COCNO. The molecular formula is C20H32N2O6S. The number of nitrogens with zero attached hydrogens (tertiary/aromatic N) is 1. The molecule has 1 aromatic carbocycles. The predicted octanol–water partition coefficient (Wildman–Crippen LogP) is 2.38. The predicted molar refractivity (Wildman–Crippen MR) is 107 cm³/mol. The van der Waals surface area contributed by atoms with Crippen molar-refractivity contribution in [3.63, 3.8) is 0 Å². The Morgan fingerprint density at radius 1 is 1.17 bits per heavy atom. The van der Waals surface area contributed by atoms with E-state index in [1.165, 1.54) is 36.4 Å². The summed E-state index contributed by atoms with van der Waals surface area (Å²) in [5.74, 6) is 1.29. The summed E-state index contributed by atoms with van der Waals surface area (Å²) >= 11 is 0. The van der Waals surface area contributed by atoms with Gasteiger partial charge in [-0.1, -0.05) is 19.3 Å². The largest absolute Gasteiger partial charge is 0.493 e. The Balaban J connectivity index is 1.65. The zero-order chi connectivity index (χ0) is 20.7. The molecule has 29 heavy (non-hydrogen) atoms. The Hall–Kier alpha value is -1.23. The molecular weight excluding hydrogens is 396 g/mol. The summed E-state index contributed by atoms with van der Waals surface area (Å²) in [6, 6.07) is 6.17. The van der Waals surface area contributed by atoms with E-state index in [1.54, 1.807) is 24.3 Å². The van der Waals surface area contributed by atoms with Crippen LogP contribution in [-0.2, 0) is 19.5 Å². The second kappa shape index (κ2) is 10.7. The second-order valence-electron chi connectivity index (χ2n) is 7.72. The van der Waals surface area contributed by atoms with Crippen molar-refractivity contribution >= 4 is 10.0 Å². The van der Waals surface area contributed by atoms with Crippen LogP contribution < -0.4 is 10.2 Å². The van der Waals surface area contributed by atoms with Gasteiger partial charge in [0.1, 0.15) is 12.5 Å². The maximum atomic E-state index is 13.2. The summed E-state index contributed by atoms with van der Waals surface area (Å²) in [7, 11) is -3.70. The molecule has 1 unspecified atom stereocenters. The van der Waals surface area contributed by atoms with Gasteiger partial charge in [0.2, 0.25) is 10.0 Å². The van der Waals surface area contributed by atoms with E-state index in [-0.39, 0.29) is 30.9 Å². The van der Waals surface area contributed by atoms with Crippen LogP contribution in [0.1, 0.15) is 39.0 Å². The summed E-state index contributed by atoms with van der Waals surface area (Å²) < 4.78 is 44.6. The van der Waals surface area contributed by atoms with Crippen LogP contribution in [0.2, 0.25) is 0 Å². The summed E-state index contributed by atoms with van der Waals surface area (Å²) in [5.41, 5.74) is 1.90. The number of morpholine rings is 1. The van der Waals surface area contributed by atoms with Crippen molar-refractivity contribution in [2.24, 2.45) is 5.92 Å². The summed E-state index contributed by atoms with van der Waals surface area (Å²) in [6.45, 7) is 3.14. The standard InChI is InChI=1S/C20H32N2O6S/c1-16-20(14-26-15-21-23)22(11-12-27-16)29(24,25)19-9-7-18(8-10-19)28-13-17-5-3-2-4-6-17/h7-10,16-17,20-21,23H,2-6,11-15H2,1H3/t16?,20-/m0/s1. The van der Waals surface area contributed by atoms with Crippen LogP contribution in [0, 0.1) is 5.92 Å². The summed E-state index contributed by atoms with van der Waals surface area (Å²) in [5, 5.41) is 8.67. The van der Waals surface area contributed by atoms with E-state index in [9.17, 15) is 8.42 Å². The molecule has 1 saturated carbocycles.